The standard InChI is InChI=1S/C23H26N4O2/c1-26(2)14-15-29-20-8-6-19(7-9-20)27-13-12-22(24-27)18-4-10-21-17(16-18)5-11-23(21)25-28-3/h4,6-10,12-13,16H,5,11,14-15H2,1-3H3. The number of hydrogen-bond acceptors (Lipinski definition) is 5. The van der Waals surface area contributed by atoms with Gasteiger partial charge in [-0.1, -0.05) is 17.3 Å². The average Bonchev–Trinajstić information content (AvgIpc) is 3.36. The molecule has 0 spiro atoms. The summed E-state index contributed by atoms with van der Waals surface area (Å²) < 4.78 is 7.65. The van der Waals surface area contributed by atoms with Gasteiger partial charge in [0.15, 0.2) is 0 Å². The minimum Gasteiger partial charge on any atom is -0.492 e. The summed E-state index contributed by atoms with van der Waals surface area (Å²) in [5.74, 6) is 0.870. The lowest BCUT2D eigenvalue weighted by atomic mass is 10.0. The van der Waals surface area contributed by atoms with Crippen LogP contribution in [0.5, 0.6) is 5.75 Å². The van der Waals surface area contributed by atoms with Crippen molar-refractivity contribution >= 4 is 5.71 Å². The molecule has 6 nitrogen and oxygen atoms in total. The molecule has 1 aromatic heterocycles. The molecule has 6 heteroatoms. The Hall–Kier alpha value is -3.12. The monoisotopic (exact) mass is 390 g/mol. The molecule has 1 heterocycles. The Bertz CT molecular complexity index is 1010. The molecular formula is C23H26N4O2. The number of rotatable bonds is 7. The highest BCUT2D eigenvalue weighted by Crippen LogP contribution is 2.28. The molecule has 1 aliphatic carbocycles. The van der Waals surface area contributed by atoms with Gasteiger partial charge < -0.3 is 14.5 Å². The first-order chi connectivity index (χ1) is 14.1. The maximum atomic E-state index is 5.76. The molecular weight excluding hydrogens is 364 g/mol. The van der Waals surface area contributed by atoms with Crippen LogP contribution >= 0.6 is 0 Å². The zero-order valence-corrected chi connectivity index (χ0v) is 17.1. The van der Waals surface area contributed by atoms with E-state index in [1.807, 2.05) is 55.3 Å². The Balaban J connectivity index is 1.48. The number of ether oxygens (including phenoxy) is 1. The smallest absolute Gasteiger partial charge is 0.119 e. The lowest BCUT2D eigenvalue weighted by Crippen LogP contribution is -2.19. The van der Waals surface area contributed by atoms with Crippen molar-refractivity contribution in [2.24, 2.45) is 5.16 Å². The van der Waals surface area contributed by atoms with E-state index in [0.29, 0.717) is 6.61 Å². The van der Waals surface area contributed by atoms with Gasteiger partial charge in [0.2, 0.25) is 0 Å². The first-order valence-corrected chi connectivity index (χ1v) is 9.81. The van der Waals surface area contributed by atoms with Gasteiger partial charge in [0.05, 0.1) is 17.1 Å². The molecule has 0 saturated carbocycles. The molecule has 2 aromatic carbocycles. The predicted octanol–water partition coefficient (Wildman–Crippen LogP) is 3.78. The van der Waals surface area contributed by atoms with E-state index < -0.39 is 0 Å². The topological polar surface area (TPSA) is 51.9 Å². The summed E-state index contributed by atoms with van der Waals surface area (Å²) in [7, 11) is 5.66. The third kappa shape index (κ3) is 4.32. The maximum absolute atomic E-state index is 5.76. The van der Waals surface area contributed by atoms with Crippen LogP contribution in [0.2, 0.25) is 0 Å². The van der Waals surface area contributed by atoms with Crippen LogP contribution in [0.25, 0.3) is 16.9 Å². The van der Waals surface area contributed by atoms with Crippen LogP contribution in [0, 0.1) is 0 Å². The molecule has 0 saturated heterocycles. The van der Waals surface area contributed by atoms with Crippen LogP contribution in [0.1, 0.15) is 17.5 Å². The molecule has 29 heavy (non-hydrogen) atoms. The average molecular weight is 390 g/mol. The number of aryl methyl sites for hydroxylation is 1. The fourth-order valence-corrected chi connectivity index (χ4v) is 3.50. The first-order valence-electron chi connectivity index (χ1n) is 9.81. The number of nitrogens with zero attached hydrogens (tertiary/aromatic N) is 4. The van der Waals surface area contributed by atoms with Crippen molar-refractivity contribution in [3.8, 4) is 22.7 Å². The van der Waals surface area contributed by atoms with Gasteiger partial charge in [0.25, 0.3) is 0 Å². The summed E-state index contributed by atoms with van der Waals surface area (Å²) in [6, 6.07) is 16.5. The molecule has 4 rings (SSSR count). The van der Waals surface area contributed by atoms with Crippen molar-refractivity contribution in [1.29, 1.82) is 0 Å². The van der Waals surface area contributed by atoms with Gasteiger partial charge in [-0.3, -0.25) is 0 Å². The molecule has 0 fully saturated rings. The Morgan fingerprint density at radius 1 is 1.07 bits per heavy atom. The van der Waals surface area contributed by atoms with Gasteiger partial charge in [-0.25, -0.2) is 4.68 Å². The van der Waals surface area contributed by atoms with Crippen molar-refractivity contribution in [1.82, 2.24) is 14.7 Å². The molecule has 3 aromatic rings. The molecule has 0 aliphatic heterocycles. The Morgan fingerprint density at radius 3 is 2.66 bits per heavy atom. The predicted molar refractivity (Wildman–Crippen MR) is 115 cm³/mol. The molecule has 1 aliphatic rings. The second-order valence-corrected chi connectivity index (χ2v) is 7.38. The number of aromatic nitrogens is 2. The second-order valence-electron chi connectivity index (χ2n) is 7.38. The number of fused-ring (bicyclic) bond motifs is 1. The Kier molecular flexibility index (Phi) is 5.62. The van der Waals surface area contributed by atoms with E-state index in [2.05, 4.69) is 28.3 Å². The summed E-state index contributed by atoms with van der Waals surface area (Å²) >= 11 is 0. The largest absolute Gasteiger partial charge is 0.492 e. The van der Waals surface area contributed by atoms with E-state index in [1.54, 1.807) is 7.11 Å². The lowest BCUT2D eigenvalue weighted by Gasteiger charge is -2.11. The number of hydrogen-bond donors (Lipinski definition) is 0. The molecule has 150 valence electrons. The molecule has 0 radical (unpaired) electrons. The summed E-state index contributed by atoms with van der Waals surface area (Å²) in [6.45, 7) is 1.57. The van der Waals surface area contributed by atoms with E-state index >= 15 is 0 Å². The summed E-state index contributed by atoms with van der Waals surface area (Å²) in [6.07, 6.45) is 3.90. The zero-order valence-electron chi connectivity index (χ0n) is 17.1. The Morgan fingerprint density at radius 2 is 1.90 bits per heavy atom. The van der Waals surface area contributed by atoms with Gasteiger partial charge in [-0.2, -0.15) is 5.10 Å². The van der Waals surface area contributed by atoms with E-state index in [4.69, 9.17) is 14.7 Å². The van der Waals surface area contributed by atoms with Gasteiger partial charge in [-0.05, 0) is 68.9 Å². The normalized spacial score (nSPS) is 14.4. The second kappa shape index (κ2) is 8.49. The highest BCUT2D eigenvalue weighted by Gasteiger charge is 2.19. The van der Waals surface area contributed by atoms with Crippen molar-refractivity contribution < 1.29 is 9.57 Å². The first kappa shape index (κ1) is 19.2. The van der Waals surface area contributed by atoms with Crippen LogP contribution in [0.3, 0.4) is 0 Å². The fraction of sp³-hybridized carbons (Fsp3) is 0.304. The molecule has 0 N–H and O–H groups in total. The van der Waals surface area contributed by atoms with Crippen molar-refractivity contribution in [2.75, 3.05) is 34.4 Å². The van der Waals surface area contributed by atoms with E-state index in [0.717, 1.165) is 47.8 Å². The Labute approximate surface area is 171 Å². The van der Waals surface area contributed by atoms with E-state index in [1.165, 1.54) is 11.1 Å². The number of benzene rings is 2. The highest BCUT2D eigenvalue weighted by atomic mass is 16.6. The summed E-state index contributed by atoms with van der Waals surface area (Å²) in [5.41, 5.74) is 6.58. The van der Waals surface area contributed by atoms with E-state index in [9.17, 15) is 0 Å². The number of likely N-dealkylation sites (N-methyl/N-ethyl adjacent to an activating group) is 1. The van der Waals surface area contributed by atoms with Crippen LogP contribution in [0.15, 0.2) is 59.9 Å². The SMILES string of the molecule is CON=C1CCc2cc(-c3ccn(-c4ccc(OCCN(C)C)cc4)n3)ccc21. The minimum absolute atomic E-state index is 0.674. The summed E-state index contributed by atoms with van der Waals surface area (Å²) in [5, 5.41) is 8.89. The van der Waals surface area contributed by atoms with Gasteiger partial charge in [-0.15, -0.1) is 0 Å². The highest BCUT2D eigenvalue weighted by molar-refractivity contribution is 6.04. The fourth-order valence-electron chi connectivity index (χ4n) is 3.50. The van der Waals surface area contributed by atoms with Crippen molar-refractivity contribution in [2.45, 2.75) is 12.8 Å². The molecule has 0 unspecified atom stereocenters. The van der Waals surface area contributed by atoms with Gasteiger partial charge >= 0.3 is 0 Å². The minimum atomic E-state index is 0.674. The molecule has 0 atom stereocenters. The number of oxime groups is 1. The van der Waals surface area contributed by atoms with E-state index in [-0.39, 0.29) is 0 Å². The zero-order chi connectivity index (χ0) is 20.2. The molecule has 0 bridgehead atoms. The summed E-state index contributed by atoms with van der Waals surface area (Å²) in [4.78, 5) is 7.05. The maximum Gasteiger partial charge on any atom is 0.119 e. The van der Waals surface area contributed by atoms with Crippen LogP contribution < -0.4 is 4.74 Å². The van der Waals surface area contributed by atoms with Crippen LogP contribution in [-0.4, -0.2) is 54.7 Å². The third-order valence-electron chi connectivity index (χ3n) is 5.04. The van der Waals surface area contributed by atoms with Crippen LogP contribution in [0.4, 0.5) is 0 Å². The lowest BCUT2D eigenvalue weighted by molar-refractivity contribution is 0.213. The third-order valence-corrected chi connectivity index (χ3v) is 5.04. The van der Waals surface area contributed by atoms with Crippen molar-refractivity contribution in [3.63, 3.8) is 0 Å². The van der Waals surface area contributed by atoms with Crippen LogP contribution in [-0.2, 0) is 11.3 Å². The van der Waals surface area contributed by atoms with Gasteiger partial charge in [0, 0.05) is 23.9 Å². The quantitative estimate of drug-likeness (QED) is 0.576. The molecule has 0 amide bonds. The van der Waals surface area contributed by atoms with Gasteiger partial charge in [0.1, 0.15) is 19.5 Å². The van der Waals surface area contributed by atoms with Crippen molar-refractivity contribution in [3.05, 3.63) is 65.9 Å².